The summed E-state index contributed by atoms with van der Waals surface area (Å²) in [6, 6.07) is 5.50. The standard InChI is InChI=1S/C16H23NO2/c1-3-12-8-4-5-10-14(12)19-16(18)13-9-6-7-11(2)15(13)17/h6-7,9,12,14H,3-5,8,10,17H2,1-2H3. The molecule has 0 spiro atoms. The second-order valence-corrected chi connectivity index (χ2v) is 5.43. The Kier molecular flexibility index (Phi) is 4.46. The van der Waals surface area contributed by atoms with Crippen LogP contribution in [0.25, 0.3) is 0 Å². The van der Waals surface area contributed by atoms with Gasteiger partial charge in [-0.15, -0.1) is 0 Å². The largest absolute Gasteiger partial charge is 0.458 e. The van der Waals surface area contributed by atoms with Gasteiger partial charge in [0, 0.05) is 5.69 Å². The first-order valence-electron chi connectivity index (χ1n) is 7.19. The number of nitrogen functional groups attached to an aromatic ring is 1. The van der Waals surface area contributed by atoms with Gasteiger partial charge in [0.2, 0.25) is 0 Å². The number of hydrogen-bond donors (Lipinski definition) is 1. The normalized spacial score (nSPS) is 23.1. The van der Waals surface area contributed by atoms with Gasteiger partial charge < -0.3 is 10.5 Å². The number of carbonyl (C=O) groups is 1. The van der Waals surface area contributed by atoms with E-state index in [0.29, 0.717) is 17.2 Å². The first-order chi connectivity index (χ1) is 9.13. The van der Waals surface area contributed by atoms with Gasteiger partial charge in [-0.1, -0.05) is 25.5 Å². The summed E-state index contributed by atoms with van der Waals surface area (Å²) in [5.41, 5.74) is 7.92. The minimum absolute atomic E-state index is 0.0613. The predicted octanol–water partition coefficient (Wildman–Crippen LogP) is 3.70. The van der Waals surface area contributed by atoms with Crippen molar-refractivity contribution in [3.05, 3.63) is 29.3 Å². The van der Waals surface area contributed by atoms with Crippen molar-refractivity contribution in [3.8, 4) is 0 Å². The molecule has 0 radical (unpaired) electrons. The summed E-state index contributed by atoms with van der Waals surface area (Å²) in [6.07, 6.45) is 5.68. The van der Waals surface area contributed by atoms with Crippen molar-refractivity contribution in [2.75, 3.05) is 5.73 Å². The second kappa shape index (κ2) is 6.09. The lowest BCUT2D eigenvalue weighted by molar-refractivity contribution is 0.000814. The van der Waals surface area contributed by atoms with Crippen LogP contribution >= 0.6 is 0 Å². The van der Waals surface area contributed by atoms with Crippen LogP contribution in [0.15, 0.2) is 18.2 Å². The third-order valence-corrected chi connectivity index (χ3v) is 4.17. The highest BCUT2D eigenvalue weighted by molar-refractivity contribution is 5.95. The van der Waals surface area contributed by atoms with Gasteiger partial charge in [-0.3, -0.25) is 0 Å². The van der Waals surface area contributed by atoms with Crippen molar-refractivity contribution in [2.24, 2.45) is 5.92 Å². The monoisotopic (exact) mass is 261 g/mol. The SMILES string of the molecule is CCC1CCCCC1OC(=O)c1cccc(C)c1N. The average molecular weight is 261 g/mol. The van der Waals surface area contributed by atoms with Crippen molar-refractivity contribution < 1.29 is 9.53 Å². The lowest BCUT2D eigenvalue weighted by Crippen LogP contribution is -2.30. The molecule has 104 valence electrons. The summed E-state index contributed by atoms with van der Waals surface area (Å²) in [4.78, 5) is 12.2. The highest BCUT2D eigenvalue weighted by Crippen LogP contribution is 2.30. The van der Waals surface area contributed by atoms with E-state index in [1.807, 2.05) is 19.1 Å². The molecule has 1 aliphatic carbocycles. The van der Waals surface area contributed by atoms with Gasteiger partial charge in [0.25, 0.3) is 0 Å². The van der Waals surface area contributed by atoms with Gasteiger partial charge in [-0.05, 0) is 50.2 Å². The predicted molar refractivity (Wildman–Crippen MR) is 77.0 cm³/mol. The van der Waals surface area contributed by atoms with Crippen LogP contribution in [0.1, 0.15) is 54.9 Å². The first kappa shape index (κ1) is 13.9. The summed E-state index contributed by atoms with van der Waals surface area (Å²) in [6.45, 7) is 4.07. The van der Waals surface area contributed by atoms with E-state index in [1.54, 1.807) is 6.07 Å². The zero-order valence-electron chi connectivity index (χ0n) is 11.8. The van der Waals surface area contributed by atoms with Crippen LogP contribution in [-0.2, 0) is 4.74 Å². The third kappa shape index (κ3) is 3.09. The van der Waals surface area contributed by atoms with Gasteiger partial charge in [0.15, 0.2) is 0 Å². The molecule has 1 aromatic rings. The Labute approximate surface area is 115 Å². The molecule has 0 bridgehead atoms. The van der Waals surface area contributed by atoms with Gasteiger partial charge >= 0.3 is 5.97 Å². The van der Waals surface area contributed by atoms with E-state index in [9.17, 15) is 4.79 Å². The number of hydrogen-bond acceptors (Lipinski definition) is 3. The number of aryl methyl sites for hydroxylation is 1. The molecule has 19 heavy (non-hydrogen) atoms. The maximum absolute atomic E-state index is 12.2. The minimum Gasteiger partial charge on any atom is -0.458 e. The first-order valence-corrected chi connectivity index (χ1v) is 7.19. The van der Waals surface area contributed by atoms with E-state index in [4.69, 9.17) is 10.5 Å². The molecule has 0 saturated heterocycles. The molecule has 0 heterocycles. The molecule has 0 aromatic heterocycles. The topological polar surface area (TPSA) is 52.3 Å². The molecule has 1 saturated carbocycles. The zero-order valence-corrected chi connectivity index (χ0v) is 11.8. The summed E-state index contributed by atoms with van der Waals surface area (Å²) in [7, 11) is 0. The Balaban J connectivity index is 2.09. The molecule has 1 aromatic carbocycles. The fraction of sp³-hybridized carbons (Fsp3) is 0.562. The highest BCUT2D eigenvalue weighted by Gasteiger charge is 2.27. The minimum atomic E-state index is -0.272. The van der Waals surface area contributed by atoms with Crippen LogP contribution in [0.2, 0.25) is 0 Å². The van der Waals surface area contributed by atoms with Crippen molar-refractivity contribution in [2.45, 2.75) is 52.1 Å². The molecule has 1 fully saturated rings. The molecule has 0 aliphatic heterocycles. The molecular weight excluding hydrogens is 238 g/mol. The number of benzene rings is 1. The third-order valence-electron chi connectivity index (χ3n) is 4.17. The maximum Gasteiger partial charge on any atom is 0.340 e. The Morgan fingerprint density at radius 3 is 2.84 bits per heavy atom. The van der Waals surface area contributed by atoms with E-state index in [2.05, 4.69) is 6.92 Å². The quantitative estimate of drug-likeness (QED) is 0.666. The molecule has 0 amide bonds. The average Bonchev–Trinajstić information content (AvgIpc) is 2.42. The van der Waals surface area contributed by atoms with E-state index in [1.165, 1.54) is 6.42 Å². The van der Waals surface area contributed by atoms with E-state index in [-0.39, 0.29) is 12.1 Å². The number of anilines is 1. The number of nitrogens with two attached hydrogens (primary N) is 1. The maximum atomic E-state index is 12.2. The van der Waals surface area contributed by atoms with Crippen LogP contribution < -0.4 is 5.73 Å². The second-order valence-electron chi connectivity index (χ2n) is 5.43. The van der Waals surface area contributed by atoms with Crippen molar-refractivity contribution in [1.29, 1.82) is 0 Å². The summed E-state index contributed by atoms with van der Waals surface area (Å²) >= 11 is 0. The van der Waals surface area contributed by atoms with Crippen LogP contribution in [0.3, 0.4) is 0 Å². The summed E-state index contributed by atoms with van der Waals surface area (Å²) in [5.74, 6) is 0.232. The van der Waals surface area contributed by atoms with Gasteiger partial charge in [-0.25, -0.2) is 4.79 Å². The molecule has 2 unspecified atom stereocenters. The van der Waals surface area contributed by atoms with Crippen LogP contribution in [-0.4, -0.2) is 12.1 Å². The Morgan fingerprint density at radius 1 is 1.37 bits per heavy atom. The molecule has 2 rings (SSSR count). The molecular formula is C16H23NO2. The van der Waals surface area contributed by atoms with Gasteiger partial charge in [-0.2, -0.15) is 0 Å². The van der Waals surface area contributed by atoms with Gasteiger partial charge in [0.05, 0.1) is 5.56 Å². The number of rotatable bonds is 3. The Morgan fingerprint density at radius 2 is 2.11 bits per heavy atom. The number of ether oxygens (including phenoxy) is 1. The zero-order chi connectivity index (χ0) is 13.8. The summed E-state index contributed by atoms with van der Waals surface area (Å²) in [5, 5.41) is 0. The Hall–Kier alpha value is -1.51. The van der Waals surface area contributed by atoms with Crippen LogP contribution in [0.5, 0.6) is 0 Å². The fourth-order valence-corrected chi connectivity index (χ4v) is 2.86. The molecule has 2 N–H and O–H groups in total. The van der Waals surface area contributed by atoms with Crippen molar-refractivity contribution >= 4 is 11.7 Å². The van der Waals surface area contributed by atoms with Crippen molar-refractivity contribution in [3.63, 3.8) is 0 Å². The number of esters is 1. The van der Waals surface area contributed by atoms with Crippen molar-refractivity contribution in [1.82, 2.24) is 0 Å². The van der Waals surface area contributed by atoms with Gasteiger partial charge in [0.1, 0.15) is 6.10 Å². The highest BCUT2D eigenvalue weighted by atomic mass is 16.5. The lowest BCUT2D eigenvalue weighted by atomic mass is 9.85. The lowest BCUT2D eigenvalue weighted by Gasteiger charge is -2.30. The number of carbonyl (C=O) groups excluding carboxylic acids is 1. The smallest absolute Gasteiger partial charge is 0.340 e. The van der Waals surface area contributed by atoms with Crippen LogP contribution in [0.4, 0.5) is 5.69 Å². The van der Waals surface area contributed by atoms with E-state index in [0.717, 1.165) is 31.2 Å². The molecule has 3 nitrogen and oxygen atoms in total. The van der Waals surface area contributed by atoms with E-state index >= 15 is 0 Å². The van der Waals surface area contributed by atoms with Crippen LogP contribution in [0, 0.1) is 12.8 Å². The number of para-hydroxylation sites is 1. The molecule has 3 heteroatoms. The van der Waals surface area contributed by atoms with E-state index < -0.39 is 0 Å². The Bertz CT molecular complexity index is 456. The molecule has 2 atom stereocenters. The fourth-order valence-electron chi connectivity index (χ4n) is 2.86. The molecule has 1 aliphatic rings. The summed E-state index contributed by atoms with van der Waals surface area (Å²) < 4.78 is 5.70.